The van der Waals surface area contributed by atoms with Crippen LogP contribution >= 0.6 is 0 Å². The first-order chi connectivity index (χ1) is 27.2. The van der Waals surface area contributed by atoms with E-state index in [2.05, 4.69) is 36.9 Å². The Morgan fingerprint density at radius 2 is 1.16 bits per heavy atom. The Bertz CT molecular complexity index is 1590. The van der Waals surface area contributed by atoms with Crippen LogP contribution < -0.4 is 49.1 Å². The molecule has 0 heterocycles. The lowest BCUT2D eigenvalue weighted by Crippen LogP contribution is -2.61. The molecule has 7 unspecified atom stereocenters. The highest BCUT2D eigenvalue weighted by Gasteiger charge is 2.34. The van der Waals surface area contributed by atoms with Gasteiger partial charge in [-0.3, -0.25) is 38.6 Å². The molecule has 58 heavy (non-hydrogen) atoms. The zero-order valence-corrected chi connectivity index (χ0v) is 33.0. The zero-order chi connectivity index (χ0) is 44.1. The van der Waals surface area contributed by atoms with Crippen molar-refractivity contribution < 1.29 is 58.8 Å². The number of carboxylic acids is 2. The van der Waals surface area contributed by atoms with E-state index >= 15 is 0 Å². The summed E-state index contributed by atoms with van der Waals surface area (Å²) in [6.45, 7) is 4.79. The molecule has 1 rings (SSSR count). The number of aliphatic hydroxyl groups is 2. The third kappa shape index (κ3) is 18.4. The maximum Gasteiger partial charge on any atom is 0.328 e. The first kappa shape index (κ1) is 50.1. The fourth-order valence-corrected chi connectivity index (χ4v) is 5.34. The second kappa shape index (κ2) is 25.4. The van der Waals surface area contributed by atoms with E-state index in [1.807, 2.05) is 0 Å². The van der Waals surface area contributed by atoms with Crippen LogP contribution in [0.4, 0.5) is 0 Å². The largest absolute Gasteiger partial charge is 0.481 e. The number of hydrogen-bond donors (Lipinski definition) is 13. The average Bonchev–Trinajstić information content (AvgIpc) is 3.14. The third-order valence-electron chi connectivity index (χ3n) is 8.42. The van der Waals surface area contributed by atoms with Crippen molar-refractivity contribution in [3.8, 4) is 0 Å². The van der Waals surface area contributed by atoms with E-state index < -0.39 is 115 Å². The third-order valence-corrected chi connectivity index (χ3v) is 8.42. The molecule has 0 fully saturated rings. The maximum atomic E-state index is 14.0. The summed E-state index contributed by atoms with van der Waals surface area (Å²) in [6.07, 6.45) is -0.754. The summed E-state index contributed by atoms with van der Waals surface area (Å²) < 4.78 is 0. The number of aliphatic carboxylic acids is 2. The number of carboxylic acid groups (broad SMARTS) is 2. The van der Waals surface area contributed by atoms with Crippen molar-refractivity contribution in [1.82, 2.24) is 31.9 Å². The number of aliphatic hydroxyl groups excluding tert-OH is 2. The van der Waals surface area contributed by atoms with Crippen LogP contribution in [0.3, 0.4) is 0 Å². The van der Waals surface area contributed by atoms with E-state index in [0.29, 0.717) is 5.56 Å². The normalized spacial score (nSPS) is 14.6. The quantitative estimate of drug-likeness (QED) is 0.0239. The van der Waals surface area contributed by atoms with Gasteiger partial charge in [0.1, 0.15) is 36.3 Å². The van der Waals surface area contributed by atoms with Crippen molar-refractivity contribution in [2.24, 2.45) is 34.0 Å². The number of carbonyl (C=O) groups excluding carboxylic acids is 6. The SMILES string of the molecule is CC(C)CC(NC(=O)C(CCCN=C(N)N)NC(=O)C(Cc1ccccc1)NC(=O)C(CO)NC(=O)C(NC(=O)C(N)CC(=O)O)C(C)C)C(=O)NC(CO)C(=O)O. The molecule has 0 aliphatic heterocycles. The van der Waals surface area contributed by atoms with Crippen molar-refractivity contribution in [3.05, 3.63) is 35.9 Å². The molecule has 7 atom stereocenters. The highest BCUT2D eigenvalue weighted by molar-refractivity contribution is 5.97. The van der Waals surface area contributed by atoms with Gasteiger partial charge < -0.3 is 69.5 Å². The average molecular weight is 823 g/mol. The van der Waals surface area contributed by atoms with Crippen LogP contribution in [0.25, 0.3) is 0 Å². The van der Waals surface area contributed by atoms with E-state index in [0.717, 1.165) is 0 Å². The Kier molecular flexibility index (Phi) is 22.0. The Balaban J connectivity index is 3.41. The van der Waals surface area contributed by atoms with Crippen LogP contribution in [-0.2, 0) is 44.8 Å². The molecule has 0 aromatic heterocycles. The lowest BCUT2D eigenvalue weighted by molar-refractivity contribution is -0.143. The van der Waals surface area contributed by atoms with Crippen molar-refractivity contribution >= 4 is 53.3 Å². The molecule has 0 bridgehead atoms. The van der Waals surface area contributed by atoms with E-state index in [1.54, 1.807) is 58.0 Å². The number of nitrogens with two attached hydrogens (primary N) is 3. The molecule has 22 nitrogen and oxygen atoms in total. The molecular formula is C36H58N10O12. The predicted octanol–water partition coefficient (Wildman–Crippen LogP) is -4.24. The summed E-state index contributed by atoms with van der Waals surface area (Å²) in [6, 6.07) is -1.80. The van der Waals surface area contributed by atoms with Crippen molar-refractivity contribution in [2.45, 2.75) is 102 Å². The Hall–Kier alpha value is -5.87. The lowest BCUT2D eigenvalue weighted by atomic mass is 10.0. The first-order valence-corrected chi connectivity index (χ1v) is 18.5. The summed E-state index contributed by atoms with van der Waals surface area (Å²) in [5, 5.41) is 52.3. The number of nitrogens with zero attached hydrogens (tertiary/aromatic N) is 1. The van der Waals surface area contributed by atoms with Crippen molar-refractivity contribution in [3.63, 3.8) is 0 Å². The minimum atomic E-state index is -1.66. The van der Waals surface area contributed by atoms with Gasteiger partial charge >= 0.3 is 11.9 Å². The minimum Gasteiger partial charge on any atom is -0.481 e. The van der Waals surface area contributed by atoms with E-state index in [1.165, 1.54) is 0 Å². The number of rotatable bonds is 26. The van der Waals surface area contributed by atoms with Gasteiger partial charge in [-0.25, -0.2) is 4.79 Å². The minimum absolute atomic E-state index is 0.0417. The van der Waals surface area contributed by atoms with Gasteiger partial charge in [0.15, 0.2) is 5.96 Å². The van der Waals surface area contributed by atoms with Crippen LogP contribution in [0.1, 0.15) is 58.9 Å². The fraction of sp³-hybridized carbons (Fsp3) is 0.583. The van der Waals surface area contributed by atoms with Crippen LogP contribution in [0.15, 0.2) is 35.3 Å². The summed E-state index contributed by atoms with van der Waals surface area (Å²) in [5.74, 6) is -9.38. The Labute approximate surface area is 335 Å². The van der Waals surface area contributed by atoms with Gasteiger partial charge in [0.25, 0.3) is 0 Å². The van der Waals surface area contributed by atoms with Crippen molar-refractivity contribution in [1.29, 1.82) is 0 Å². The summed E-state index contributed by atoms with van der Waals surface area (Å²) in [5.41, 5.74) is 17.0. The maximum absolute atomic E-state index is 14.0. The first-order valence-electron chi connectivity index (χ1n) is 18.5. The summed E-state index contributed by atoms with van der Waals surface area (Å²) >= 11 is 0. The van der Waals surface area contributed by atoms with Gasteiger partial charge in [-0.2, -0.15) is 0 Å². The van der Waals surface area contributed by atoms with E-state index in [4.69, 9.17) is 22.3 Å². The molecule has 1 aromatic rings. The topological polar surface area (TPSA) is 380 Å². The van der Waals surface area contributed by atoms with Gasteiger partial charge in [0.05, 0.1) is 25.7 Å². The monoisotopic (exact) mass is 822 g/mol. The lowest BCUT2D eigenvalue weighted by Gasteiger charge is -2.28. The second-order valence-electron chi connectivity index (χ2n) is 14.2. The highest BCUT2D eigenvalue weighted by Crippen LogP contribution is 2.10. The molecule has 16 N–H and O–H groups in total. The molecule has 0 aliphatic rings. The second-order valence-corrected chi connectivity index (χ2v) is 14.2. The summed E-state index contributed by atoms with van der Waals surface area (Å²) in [4.78, 5) is 107. The molecule has 6 amide bonds. The van der Waals surface area contributed by atoms with Crippen LogP contribution in [0, 0.1) is 11.8 Å². The van der Waals surface area contributed by atoms with Gasteiger partial charge in [-0.15, -0.1) is 0 Å². The number of guanidine groups is 1. The van der Waals surface area contributed by atoms with Gasteiger partial charge in [0, 0.05) is 13.0 Å². The summed E-state index contributed by atoms with van der Waals surface area (Å²) in [7, 11) is 0. The van der Waals surface area contributed by atoms with Crippen molar-refractivity contribution in [2.75, 3.05) is 19.8 Å². The van der Waals surface area contributed by atoms with Gasteiger partial charge in [-0.1, -0.05) is 58.0 Å². The molecule has 0 spiro atoms. The molecule has 22 heteroatoms. The number of carbonyl (C=O) groups is 8. The standard InChI is InChI=1S/C36H58N10O12/c1-18(2)13-23(31(53)45-26(17-48)35(57)58)42-30(52)22(11-8-12-40-36(38)39)41-32(54)24(14-20-9-6-5-7-10-20)43-33(55)25(16-47)44-34(56)28(19(3)4)46-29(51)21(37)15-27(49)50/h5-7,9-10,18-19,21-26,28,47-48H,8,11-17,37H2,1-4H3,(H,41,54)(H,42,52)(H,43,55)(H,44,56)(H,45,53)(H,46,51)(H,49,50)(H,57,58)(H4,38,39,40). The van der Waals surface area contributed by atoms with Crippen LogP contribution in [0.2, 0.25) is 0 Å². The van der Waals surface area contributed by atoms with E-state index in [9.17, 15) is 53.7 Å². The van der Waals surface area contributed by atoms with Crippen LogP contribution in [0.5, 0.6) is 0 Å². The molecule has 1 aromatic carbocycles. The molecule has 0 saturated heterocycles. The van der Waals surface area contributed by atoms with Crippen LogP contribution in [-0.4, -0.2) is 136 Å². The molecule has 0 saturated carbocycles. The molecule has 0 aliphatic carbocycles. The smallest absolute Gasteiger partial charge is 0.328 e. The number of nitrogens with one attached hydrogen (secondary N) is 6. The predicted molar refractivity (Wildman–Crippen MR) is 208 cm³/mol. The highest BCUT2D eigenvalue weighted by atomic mass is 16.4. The zero-order valence-electron chi connectivity index (χ0n) is 33.0. The number of amides is 6. The fourth-order valence-electron chi connectivity index (χ4n) is 5.34. The number of benzene rings is 1. The Morgan fingerprint density at radius 3 is 1.67 bits per heavy atom. The molecule has 0 radical (unpaired) electrons. The number of aliphatic imine (C=N–C) groups is 1. The Morgan fingerprint density at radius 1 is 0.655 bits per heavy atom. The number of hydrogen-bond acceptors (Lipinski definition) is 12. The van der Waals surface area contributed by atoms with Gasteiger partial charge in [-0.05, 0) is 36.7 Å². The molecule has 324 valence electrons. The molecular weight excluding hydrogens is 764 g/mol. The van der Waals surface area contributed by atoms with Gasteiger partial charge in [0.2, 0.25) is 35.4 Å². The van der Waals surface area contributed by atoms with E-state index in [-0.39, 0.29) is 44.1 Å².